The van der Waals surface area contributed by atoms with Crippen molar-refractivity contribution in [2.45, 2.75) is 45.6 Å². The van der Waals surface area contributed by atoms with Gasteiger partial charge in [-0.05, 0) is 62.1 Å². The maximum atomic E-state index is 14.0. The Morgan fingerprint density at radius 3 is 2.61 bits per heavy atom. The van der Waals surface area contributed by atoms with Crippen LogP contribution in [0.3, 0.4) is 0 Å². The predicted octanol–water partition coefficient (Wildman–Crippen LogP) is 3.36. The Hall–Kier alpha value is -4.12. The fraction of sp³-hybridized carbons (Fsp3) is 0.370. The highest BCUT2D eigenvalue weighted by atomic mass is 19.1. The summed E-state index contributed by atoms with van der Waals surface area (Å²) < 4.78 is 20.4. The summed E-state index contributed by atoms with van der Waals surface area (Å²) >= 11 is 0. The van der Waals surface area contributed by atoms with E-state index in [4.69, 9.17) is 16.2 Å². The first-order valence-corrected chi connectivity index (χ1v) is 12.6. The number of amides is 1. The third-order valence-electron chi connectivity index (χ3n) is 6.37. The van der Waals surface area contributed by atoms with Crippen molar-refractivity contribution in [3.05, 3.63) is 64.7 Å². The van der Waals surface area contributed by atoms with Gasteiger partial charge in [-0.25, -0.2) is 14.4 Å². The molecule has 0 spiro atoms. The topological polar surface area (TPSA) is 142 Å². The monoisotopic (exact) mass is 521 g/mol. The van der Waals surface area contributed by atoms with Crippen LogP contribution < -0.4 is 11.5 Å². The smallest absolute Gasteiger partial charge is 0.307 e. The number of halogens is 1. The van der Waals surface area contributed by atoms with Gasteiger partial charge in [-0.15, -0.1) is 5.10 Å². The van der Waals surface area contributed by atoms with E-state index in [9.17, 15) is 14.0 Å². The Morgan fingerprint density at radius 2 is 1.89 bits per heavy atom. The summed E-state index contributed by atoms with van der Waals surface area (Å²) in [6, 6.07) is 9.27. The van der Waals surface area contributed by atoms with E-state index in [2.05, 4.69) is 15.1 Å². The lowest BCUT2D eigenvalue weighted by Crippen LogP contribution is -2.28. The number of anilines is 1. The van der Waals surface area contributed by atoms with Gasteiger partial charge < -0.3 is 21.1 Å². The van der Waals surface area contributed by atoms with Gasteiger partial charge >= 0.3 is 5.97 Å². The number of nitrogens with zero attached hydrogens (tertiary/aromatic N) is 5. The van der Waals surface area contributed by atoms with Crippen LogP contribution in [0.2, 0.25) is 0 Å². The van der Waals surface area contributed by atoms with Gasteiger partial charge in [0.05, 0.1) is 18.5 Å². The third kappa shape index (κ3) is 5.88. The molecule has 0 fully saturated rings. The molecule has 0 saturated carbocycles. The van der Waals surface area contributed by atoms with Crippen LogP contribution in [0.1, 0.15) is 59.5 Å². The van der Waals surface area contributed by atoms with Crippen molar-refractivity contribution >= 4 is 34.4 Å². The van der Waals surface area contributed by atoms with Gasteiger partial charge in [-0.1, -0.05) is 12.1 Å². The molecule has 0 bridgehead atoms. The molecule has 0 saturated heterocycles. The first-order valence-electron chi connectivity index (χ1n) is 12.6. The maximum Gasteiger partial charge on any atom is 0.307 e. The van der Waals surface area contributed by atoms with Crippen LogP contribution in [0.5, 0.6) is 0 Å². The van der Waals surface area contributed by atoms with Crippen LogP contribution in [0.25, 0.3) is 16.6 Å². The molecule has 200 valence electrons. The summed E-state index contributed by atoms with van der Waals surface area (Å²) in [5, 5.41) is 5.01. The van der Waals surface area contributed by atoms with E-state index in [1.54, 1.807) is 50.1 Å². The van der Waals surface area contributed by atoms with Crippen molar-refractivity contribution in [3.8, 4) is 0 Å². The van der Waals surface area contributed by atoms with E-state index in [-0.39, 0.29) is 30.1 Å². The molecule has 10 nitrogen and oxygen atoms in total. The zero-order chi connectivity index (χ0) is 27.4. The summed E-state index contributed by atoms with van der Waals surface area (Å²) in [5.74, 6) is -0.0500. The number of aromatic nitrogens is 4. The van der Waals surface area contributed by atoms with Gasteiger partial charge in [0.15, 0.2) is 11.5 Å². The number of aryl methyl sites for hydroxylation is 2. The predicted molar refractivity (Wildman–Crippen MR) is 142 cm³/mol. The molecule has 38 heavy (non-hydrogen) atoms. The minimum atomic E-state index is -0.490. The molecule has 4 aromatic rings. The van der Waals surface area contributed by atoms with Gasteiger partial charge in [0.1, 0.15) is 5.82 Å². The number of esters is 1. The highest BCUT2D eigenvalue weighted by molar-refractivity contribution is 5.94. The number of nitrogens with two attached hydrogens (primary N) is 2. The minimum absolute atomic E-state index is 0.0814. The number of carbonyl (C=O) groups is 2. The summed E-state index contributed by atoms with van der Waals surface area (Å²) in [5.41, 5.74) is 15.2. The number of carbonyl (C=O) groups excluding carboxylic acids is 2. The summed E-state index contributed by atoms with van der Waals surface area (Å²) in [6.45, 7) is 4.38. The van der Waals surface area contributed by atoms with E-state index in [1.165, 1.54) is 16.6 Å². The average Bonchev–Trinajstić information content (AvgIpc) is 3.32. The molecule has 1 amide bonds. The number of hydrogen-bond acceptors (Lipinski definition) is 8. The zero-order valence-corrected chi connectivity index (χ0v) is 21.8. The largest absolute Gasteiger partial charge is 0.466 e. The molecule has 4 N–H and O–H groups in total. The Morgan fingerprint density at radius 1 is 1.16 bits per heavy atom. The average molecular weight is 522 g/mol. The van der Waals surface area contributed by atoms with Crippen LogP contribution in [-0.2, 0) is 16.0 Å². The Labute approximate surface area is 219 Å². The quantitative estimate of drug-likeness (QED) is 0.239. The van der Waals surface area contributed by atoms with Crippen molar-refractivity contribution in [1.29, 1.82) is 0 Å². The summed E-state index contributed by atoms with van der Waals surface area (Å²) in [4.78, 5) is 35.1. The molecule has 0 radical (unpaired) electrons. The fourth-order valence-electron chi connectivity index (χ4n) is 4.36. The summed E-state index contributed by atoms with van der Waals surface area (Å²) in [6.07, 6.45) is 2.14. The van der Waals surface area contributed by atoms with E-state index in [0.29, 0.717) is 53.1 Å². The number of benzene rings is 2. The number of hydrogen-bond donors (Lipinski definition) is 2. The lowest BCUT2D eigenvalue weighted by molar-refractivity contribution is -0.143. The van der Waals surface area contributed by atoms with Crippen LogP contribution in [0.4, 0.5) is 10.3 Å². The molecular weight excluding hydrogens is 489 g/mol. The standard InChI is InChI=1S/C27H32FN7O3/c1-4-38-23(36)15-21(29)17-8-10-18(11-9-17)26(37)34(3)12-6-5-7-22-31-25-20-14-19(28)13-16(2)24(20)32-27(30)35(25)33-22/h8-11,13-14,21H,4-7,12,15,29H2,1-3H3,(H2,30,32). The molecule has 11 heteroatoms. The molecule has 1 atom stereocenters. The number of ether oxygens (including phenoxy) is 1. The molecule has 2 aromatic carbocycles. The van der Waals surface area contributed by atoms with Crippen LogP contribution >= 0.6 is 0 Å². The van der Waals surface area contributed by atoms with Crippen LogP contribution in [0.15, 0.2) is 36.4 Å². The Kier molecular flexibility index (Phi) is 8.16. The summed E-state index contributed by atoms with van der Waals surface area (Å²) in [7, 11) is 1.75. The lowest BCUT2D eigenvalue weighted by atomic mass is 10.0. The SMILES string of the molecule is CCOC(=O)CC(N)c1ccc(C(=O)N(C)CCCCc2nc3c4cc(F)cc(C)c4nc(N)n3n2)cc1. The Bertz CT molecular complexity index is 1470. The molecule has 0 aliphatic rings. The Balaban J connectivity index is 1.32. The maximum absolute atomic E-state index is 14.0. The van der Waals surface area contributed by atoms with Crippen molar-refractivity contribution in [2.75, 3.05) is 25.9 Å². The van der Waals surface area contributed by atoms with Crippen LogP contribution in [-0.4, -0.2) is 56.6 Å². The number of rotatable bonds is 10. The van der Waals surface area contributed by atoms with Gasteiger partial charge in [-0.2, -0.15) is 4.52 Å². The van der Waals surface area contributed by atoms with Gasteiger partial charge in [-0.3, -0.25) is 9.59 Å². The molecule has 0 aliphatic heterocycles. The van der Waals surface area contributed by atoms with Crippen molar-refractivity contribution in [1.82, 2.24) is 24.5 Å². The first-order chi connectivity index (χ1) is 18.2. The van der Waals surface area contributed by atoms with E-state index in [1.807, 2.05) is 0 Å². The normalized spacial score (nSPS) is 12.1. The minimum Gasteiger partial charge on any atom is -0.466 e. The second-order valence-corrected chi connectivity index (χ2v) is 9.27. The molecule has 0 aliphatic carbocycles. The van der Waals surface area contributed by atoms with Gasteiger partial charge in [0.25, 0.3) is 5.91 Å². The molecular formula is C27H32FN7O3. The molecule has 2 heterocycles. The number of fused-ring (bicyclic) bond motifs is 3. The van der Waals surface area contributed by atoms with Gasteiger partial charge in [0.2, 0.25) is 5.95 Å². The lowest BCUT2D eigenvalue weighted by Gasteiger charge is -2.18. The zero-order valence-electron chi connectivity index (χ0n) is 21.8. The van der Waals surface area contributed by atoms with Crippen molar-refractivity contribution in [2.24, 2.45) is 5.73 Å². The second kappa shape index (κ2) is 11.5. The van der Waals surface area contributed by atoms with Crippen molar-refractivity contribution in [3.63, 3.8) is 0 Å². The molecule has 1 unspecified atom stereocenters. The first kappa shape index (κ1) is 26.9. The van der Waals surface area contributed by atoms with E-state index in [0.717, 1.165) is 18.4 Å². The third-order valence-corrected chi connectivity index (χ3v) is 6.37. The van der Waals surface area contributed by atoms with Crippen LogP contribution in [0, 0.1) is 12.7 Å². The van der Waals surface area contributed by atoms with E-state index < -0.39 is 6.04 Å². The fourth-order valence-corrected chi connectivity index (χ4v) is 4.36. The highest BCUT2D eigenvalue weighted by Gasteiger charge is 2.17. The number of nitrogen functional groups attached to an aromatic ring is 1. The number of unbranched alkanes of at least 4 members (excludes halogenated alkanes) is 1. The van der Waals surface area contributed by atoms with Gasteiger partial charge in [0, 0.05) is 37.0 Å². The highest BCUT2D eigenvalue weighted by Crippen LogP contribution is 2.24. The van der Waals surface area contributed by atoms with E-state index >= 15 is 0 Å². The molecule has 4 rings (SSSR count). The second-order valence-electron chi connectivity index (χ2n) is 9.27. The molecule has 2 aromatic heterocycles. The van der Waals surface area contributed by atoms with Crippen molar-refractivity contribution < 1.29 is 18.7 Å².